The summed E-state index contributed by atoms with van der Waals surface area (Å²) in [6.45, 7) is 4.35. The Hall–Kier alpha value is -0.960. The topological polar surface area (TPSA) is 93.5 Å². The molecule has 1 aromatic heterocycles. The van der Waals surface area contributed by atoms with Crippen LogP contribution in [0.1, 0.15) is 11.5 Å². The molecule has 1 unspecified atom stereocenters. The van der Waals surface area contributed by atoms with E-state index in [-0.39, 0.29) is 17.0 Å². The molecule has 7 nitrogen and oxygen atoms in total. The van der Waals surface area contributed by atoms with Crippen LogP contribution in [0.3, 0.4) is 0 Å². The maximum absolute atomic E-state index is 12.3. The number of sulfonamides is 1. The number of rotatable bonds is 4. The van der Waals surface area contributed by atoms with Crippen LogP contribution in [0.5, 0.6) is 0 Å². The van der Waals surface area contributed by atoms with E-state index in [0.717, 1.165) is 0 Å². The third kappa shape index (κ3) is 2.41. The maximum atomic E-state index is 12.3. The molecule has 0 amide bonds. The average molecular weight is 275 g/mol. The van der Waals surface area contributed by atoms with Gasteiger partial charge in [-0.25, -0.2) is 13.1 Å². The van der Waals surface area contributed by atoms with E-state index in [0.29, 0.717) is 24.5 Å². The molecule has 2 heterocycles. The fourth-order valence-corrected chi connectivity index (χ4v) is 3.73. The van der Waals surface area contributed by atoms with Crippen molar-refractivity contribution in [2.75, 3.05) is 20.2 Å². The van der Waals surface area contributed by atoms with Gasteiger partial charge in [-0.15, -0.1) is 0 Å². The molecule has 1 aromatic rings. The van der Waals surface area contributed by atoms with Gasteiger partial charge in [-0.2, -0.15) is 0 Å². The summed E-state index contributed by atoms with van der Waals surface area (Å²) in [5.41, 5.74) is 0.361. The lowest BCUT2D eigenvalue weighted by Crippen LogP contribution is -2.43. The van der Waals surface area contributed by atoms with Gasteiger partial charge in [0.2, 0.25) is 10.0 Å². The predicted molar refractivity (Wildman–Crippen MR) is 63.8 cm³/mol. The van der Waals surface area contributed by atoms with Gasteiger partial charge < -0.3 is 14.6 Å². The first-order valence-electron chi connectivity index (χ1n) is 5.64. The van der Waals surface area contributed by atoms with Crippen molar-refractivity contribution >= 4 is 10.0 Å². The highest BCUT2D eigenvalue weighted by Crippen LogP contribution is 2.19. The molecule has 102 valence electrons. The third-order valence-electron chi connectivity index (χ3n) is 3.00. The Morgan fingerprint density at radius 2 is 2.17 bits per heavy atom. The van der Waals surface area contributed by atoms with Crippen LogP contribution < -0.4 is 10.0 Å². The first-order valence-corrected chi connectivity index (χ1v) is 7.12. The second-order valence-corrected chi connectivity index (χ2v) is 5.96. The second-order valence-electron chi connectivity index (χ2n) is 4.31. The quantitative estimate of drug-likeness (QED) is 0.773. The molecule has 0 radical (unpaired) electrons. The Bertz CT molecular complexity index is 506. The number of hydrogen-bond acceptors (Lipinski definition) is 6. The monoisotopic (exact) mass is 275 g/mol. The Kier molecular flexibility index (Phi) is 3.71. The van der Waals surface area contributed by atoms with E-state index >= 15 is 0 Å². The molecule has 8 heteroatoms. The van der Waals surface area contributed by atoms with Crippen LogP contribution in [-0.2, 0) is 14.8 Å². The fraction of sp³-hybridized carbons (Fsp3) is 0.700. The van der Waals surface area contributed by atoms with Crippen molar-refractivity contribution < 1.29 is 17.7 Å². The SMILES string of the molecule is CO[C@H]1CNCC1NS(=O)(=O)c1c(C)noc1C. The molecule has 2 N–H and O–H groups in total. The van der Waals surface area contributed by atoms with Crippen molar-refractivity contribution in [3.63, 3.8) is 0 Å². The van der Waals surface area contributed by atoms with Crippen molar-refractivity contribution in [2.45, 2.75) is 30.9 Å². The molecule has 0 spiro atoms. The van der Waals surface area contributed by atoms with E-state index in [1.165, 1.54) is 0 Å². The van der Waals surface area contributed by atoms with Gasteiger partial charge in [-0.05, 0) is 13.8 Å². The van der Waals surface area contributed by atoms with Crippen LogP contribution in [0.15, 0.2) is 9.42 Å². The normalized spacial score (nSPS) is 24.6. The van der Waals surface area contributed by atoms with Gasteiger partial charge in [0.25, 0.3) is 0 Å². The standard InChI is InChI=1S/C10H17N3O4S/c1-6-10(7(2)17-12-6)18(14,15)13-8-4-11-5-9(8)16-3/h8-9,11,13H,4-5H2,1-3H3/t8?,9-/m0/s1. The zero-order chi connectivity index (χ0) is 13.3. The molecular weight excluding hydrogens is 258 g/mol. The Balaban J connectivity index is 2.23. The smallest absolute Gasteiger partial charge is 0.246 e. The summed E-state index contributed by atoms with van der Waals surface area (Å²) in [7, 11) is -2.07. The van der Waals surface area contributed by atoms with Gasteiger partial charge in [-0.1, -0.05) is 5.16 Å². The molecule has 0 bridgehead atoms. The highest BCUT2D eigenvalue weighted by atomic mass is 32.2. The van der Waals surface area contributed by atoms with E-state index in [1.54, 1.807) is 21.0 Å². The Labute approximate surface area is 106 Å². The number of hydrogen-bond donors (Lipinski definition) is 2. The molecule has 1 aliphatic rings. The lowest BCUT2D eigenvalue weighted by Gasteiger charge is -2.18. The van der Waals surface area contributed by atoms with E-state index in [1.807, 2.05) is 0 Å². The van der Waals surface area contributed by atoms with Gasteiger partial charge in [-0.3, -0.25) is 0 Å². The summed E-state index contributed by atoms with van der Waals surface area (Å²) >= 11 is 0. The summed E-state index contributed by atoms with van der Waals surface area (Å²) in [5, 5.41) is 6.73. The van der Waals surface area contributed by atoms with E-state index < -0.39 is 10.0 Å². The minimum Gasteiger partial charge on any atom is -0.378 e. The number of methoxy groups -OCH3 is 1. The van der Waals surface area contributed by atoms with Gasteiger partial charge in [0.05, 0.1) is 12.1 Å². The summed E-state index contributed by atoms with van der Waals surface area (Å²) in [6.07, 6.45) is -0.166. The summed E-state index contributed by atoms with van der Waals surface area (Å²) < 4.78 is 37.2. The molecule has 1 saturated heterocycles. The van der Waals surface area contributed by atoms with Gasteiger partial charge in [0, 0.05) is 20.2 Å². The summed E-state index contributed by atoms with van der Waals surface area (Å²) in [4.78, 5) is 0.115. The second kappa shape index (κ2) is 4.96. The Morgan fingerprint density at radius 1 is 1.44 bits per heavy atom. The number of nitrogens with zero attached hydrogens (tertiary/aromatic N) is 1. The van der Waals surface area contributed by atoms with E-state index in [4.69, 9.17) is 9.26 Å². The minimum absolute atomic E-state index is 0.115. The van der Waals surface area contributed by atoms with Crippen molar-refractivity contribution in [3.8, 4) is 0 Å². The molecular formula is C10H17N3O4S. The Morgan fingerprint density at radius 3 is 2.72 bits per heavy atom. The average Bonchev–Trinajstić information content (AvgIpc) is 2.85. The van der Waals surface area contributed by atoms with Crippen LogP contribution in [0.4, 0.5) is 0 Å². The third-order valence-corrected chi connectivity index (χ3v) is 4.74. The van der Waals surface area contributed by atoms with Gasteiger partial charge in [0.1, 0.15) is 10.6 Å². The molecule has 18 heavy (non-hydrogen) atoms. The molecule has 2 atom stereocenters. The van der Waals surface area contributed by atoms with Crippen molar-refractivity contribution in [2.24, 2.45) is 0 Å². The van der Waals surface area contributed by atoms with Gasteiger partial charge >= 0.3 is 0 Å². The van der Waals surface area contributed by atoms with Crippen LogP contribution >= 0.6 is 0 Å². The number of aromatic nitrogens is 1. The molecule has 2 rings (SSSR count). The molecule has 0 aromatic carbocycles. The first-order chi connectivity index (χ1) is 8.45. The van der Waals surface area contributed by atoms with Crippen molar-refractivity contribution in [3.05, 3.63) is 11.5 Å². The number of nitrogens with one attached hydrogen (secondary N) is 2. The zero-order valence-electron chi connectivity index (χ0n) is 10.6. The molecule has 1 fully saturated rings. The predicted octanol–water partition coefficient (Wildman–Crippen LogP) is -0.443. The van der Waals surface area contributed by atoms with Gasteiger partial charge in [0.15, 0.2) is 5.76 Å². The van der Waals surface area contributed by atoms with Crippen molar-refractivity contribution in [1.82, 2.24) is 15.2 Å². The lowest BCUT2D eigenvalue weighted by atomic mass is 10.2. The summed E-state index contributed by atoms with van der Waals surface area (Å²) in [5.74, 6) is 0.292. The number of ether oxygens (including phenoxy) is 1. The first kappa shape index (κ1) is 13.5. The highest BCUT2D eigenvalue weighted by Gasteiger charge is 2.33. The lowest BCUT2D eigenvalue weighted by molar-refractivity contribution is 0.103. The van der Waals surface area contributed by atoms with Crippen LogP contribution in [0.2, 0.25) is 0 Å². The zero-order valence-corrected chi connectivity index (χ0v) is 11.4. The molecule has 0 aliphatic carbocycles. The van der Waals surface area contributed by atoms with Crippen LogP contribution in [0, 0.1) is 13.8 Å². The highest BCUT2D eigenvalue weighted by molar-refractivity contribution is 7.89. The van der Waals surface area contributed by atoms with E-state index in [9.17, 15) is 8.42 Å². The molecule has 1 aliphatic heterocycles. The van der Waals surface area contributed by atoms with E-state index in [2.05, 4.69) is 15.2 Å². The van der Waals surface area contributed by atoms with Crippen LogP contribution in [-0.4, -0.2) is 45.9 Å². The van der Waals surface area contributed by atoms with Crippen molar-refractivity contribution in [1.29, 1.82) is 0 Å². The molecule has 0 saturated carbocycles. The van der Waals surface area contributed by atoms with Crippen LogP contribution in [0.25, 0.3) is 0 Å². The fourth-order valence-electron chi connectivity index (χ4n) is 2.14. The maximum Gasteiger partial charge on any atom is 0.246 e. The minimum atomic E-state index is -3.63. The largest absolute Gasteiger partial charge is 0.378 e. The summed E-state index contributed by atoms with van der Waals surface area (Å²) in [6, 6.07) is -0.284. The number of aryl methyl sites for hydroxylation is 2.